The predicted octanol–water partition coefficient (Wildman–Crippen LogP) is 5.40. The number of likely N-dealkylation sites (N-methyl/N-ethyl adjacent to an activating group) is 2. The summed E-state index contributed by atoms with van der Waals surface area (Å²) in [7, 11) is 7.40. The number of likely N-dealkylation sites (tertiary alicyclic amines) is 1. The number of rotatable bonds is 16. The van der Waals surface area contributed by atoms with E-state index in [0.717, 1.165) is 41.0 Å². The fourth-order valence-electron chi connectivity index (χ4n) is 6.14. The van der Waals surface area contributed by atoms with Crippen molar-refractivity contribution < 1.29 is 14.4 Å². The molecule has 3 aromatic rings. The SMILES string of the molecule is CNC(C)(C)C/C=C/C(=O)N(C)[C@H](Cc1ccc(-c2ccccc2)cc1)C(=O)N(C)[C@H](Cc1cccs1)C(=O)NCCC1CCCN1C. The highest BCUT2D eigenvalue weighted by molar-refractivity contribution is 7.09. The number of carbonyl (C=O) groups is 3. The first kappa shape index (κ1) is 37.0. The quantitative estimate of drug-likeness (QED) is 0.200. The van der Waals surface area contributed by atoms with Gasteiger partial charge in [-0.15, -0.1) is 11.3 Å². The second kappa shape index (κ2) is 17.6. The monoisotopic (exact) mass is 671 g/mol. The molecule has 2 N–H and O–H groups in total. The lowest BCUT2D eigenvalue weighted by atomic mass is 9.98. The van der Waals surface area contributed by atoms with Gasteiger partial charge in [-0.2, -0.15) is 0 Å². The number of nitrogens with one attached hydrogen (secondary N) is 2. The van der Waals surface area contributed by atoms with Crippen LogP contribution < -0.4 is 10.6 Å². The Morgan fingerprint density at radius 2 is 1.67 bits per heavy atom. The van der Waals surface area contributed by atoms with E-state index in [2.05, 4.69) is 48.6 Å². The molecule has 0 spiro atoms. The number of amides is 3. The van der Waals surface area contributed by atoms with E-state index in [0.29, 0.717) is 31.8 Å². The summed E-state index contributed by atoms with van der Waals surface area (Å²) < 4.78 is 0. The third-order valence-electron chi connectivity index (χ3n) is 9.70. The van der Waals surface area contributed by atoms with Gasteiger partial charge in [0.25, 0.3) is 0 Å². The van der Waals surface area contributed by atoms with E-state index in [1.165, 1.54) is 11.3 Å². The maximum absolute atomic E-state index is 14.5. The van der Waals surface area contributed by atoms with Crippen molar-refractivity contribution in [2.24, 2.45) is 0 Å². The zero-order chi connectivity index (χ0) is 34.7. The van der Waals surface area contributed by atoms with Crippen LogP contribution in [-0.4, -0.2) is 97.4 Å². The molecule has 4 rings (SSSR count). The van der Waals surface area contributed by atoms with Crippen LogP contribution in [0.5, 0.6) is 0 Å². The summed E-state index contributed by atoms with van der Waals surface area (Å²) in [4.78, 5) is 48.2. The number of carbonyl (C=O) groups excluding carboxylic acids is 3. The van der Waals surface area contributed by atoms with Gasteiger partial charge in [-0.05, 0) is 94.4 Å². The van der Waals surface area contributed by atoms with E-state index >= 15 is 0 Å². The first-order valence-electron chi connectivity index (χ1n) is 17.0. The lowest BCUT2D eigenvalue weighted by Gasteiger charge is -2.34. The highest BCUT2D eigenvalue weighted by Gasteiger charge is 2.35. The van der Waals surface area contributed by atoms with Gasteiger partial charge in [-0.1, -0.05) is 66.7 Å². The Balaban J connectivity index is 1.56. The molecule has 0 radical (unpaired) electrons. The molecule has 1 fully saturated rings. The molecule has 1 aromatic heterocycles. The van der Waals surface area contributed by atoms with Crippen molar-refractivity contribution in [3.8, 4) is 11.1 Å². The molecule has 3 atom stereocenters. The van der Waals surface area contributed by atoms with Crippen LogP contribution in [0.1, 0.15) is 50.0 Å². The smallest absolute Gasteiger partial charge is 0.246 e. The van der Waals surface area contributed by atoms with E-state index in [1.54, 1.807) is 36.4 Å². The van der Waals surface area contributed by atoms with Crippen LogP contribution in [0, 0.1) is 0 Å². The Hall–Kier alpha value is -3.79. The van der Waals surface area contributed by atoms with Crippen LogP contribution in [0.4, 0.5) is 0 Å². The lowest BCUT2D eigenvalue weighted by molar-refractivity contribution is -0.146. The number of benzene rings is 2. The Bertz CT molecular complexity index is 1490. The minimum absolute atomic E-state index is 0.166. The van der Waals surface area contributed by atoms with Crippen molar-refractivity contribution in [1.29, 1.82) is 0 Å². The fourth-order valence-corrected chi connectivity index (χ4v) is 6.89. The maximum Gasteiger partial charge on any atom is 0.246 e. The van der Waals surface area contributed by atoms with Gasteiger partial charge in [0.1, 0.15) is 12.1 Å². The normalized spacial score (nSPS) is 16.5. The van der Waals surface area contributed by atoms with E-state index in [-0.39, 0.29) is 23.3 Å². The van der Waals surface area contributed by atoms with Crippen LogP contribution in [0.3, 0.4) is 0 Å². The Labute approximate surface area is 291 Å². The molecule has 2 aromatic carbocycles. The van der Waals surface area contributed by atoms with E-state index in [1.807, 2.05) is 73.1 Å². The van der Waals surface area contributed by atoms with Crippen LogP contribution in [0.25, 0.3) is 11.1 Å². The van der Waals surface area contributed by atoms with Crippen molar-refractivity contribution >= 4 is 29.1 Å². The average Bonchev–Trinajstić information content (AvgIpc) is 3.77. The van der Waals surface area contributed by atoms with Crippen molar-refractivity contribution in [3.63, 3.8) is 0 Å². The van der Waals surface area contributed by atoms with Gasteiger partial charge in [0.2, 0.25) is 17.7 Å². The molecular formula is C39H53N5O3S. The Morgan fingerprint density at radius 3 is 2.29 bits per heavy atom. The largest absolute Gasteiger partial charge is 0.354 e. The van der Waals surface area contributed by atoms with Gasteiger partial charge in [0.05, 0.1) is 0 Å². The molecule has 8 nitrogen and oxygen atoms in total. The van der Waals surface area contributed by atoms with E-state index in [9.17, 15) is 14.4 Å². The second-order valence-electron chi connectivity index (χ2n) is 13.6. The van der Waals surface area contributed by atoms with Crippen molar-refractivity contribution in [1.82, 2.24) is 25.3 Å². The third-order valence-corrected chi connectivity index (χ3v) is 10.6. The van der Waals surface area contributed by atoms with Gasteiger partial charge in [-0.25, -0.2) is 0 Å². The molecular weight excluding hydrogens is 619 g/mol. The first-order valence-corrected chi connectivity index (χ1v) is 17.9. The zero-order valence-corrected chi connectivity index (χ0v) is 30.3. The van der Waals surface area contributed by atoms with Gasteiger partial charge in [0, 0.05) is 49.9 Å². The van der Waals surface area contributed by atoms with Gasteiger partial charge < -0.3 is 25.3 Å². The minimum Gasteiger partial charge on any atom is -0.354 e. The molecule has 9 heteroatoms. The Kier molecular flexibility index (Phi) is 13.6. The summed E-state index contributed by atoms with van der Waals surface area (Å²) in [6, 6.07) is 21.2. The molecule has 0 bridgehead atoms. The molecule has 3 amide bonds. The molecule has 1 unspecified atom stereocenters. The van der Waals surface area contributed by atoms with Gasteiger partial charge in [0.15, 0.2) is 0 Å². The zero-order valence-electron chi connectivity index (χ0n) is 29.4. The van der Waals surface area contributed by atoms with Crippen LogP contribution >= 0.6 is 11.3 Å². The van der Waals surface area contributed by atoms with Gasteiger partial charge in [-0.3, -0.25) is 14.4 Å². The third kappa shape index (κ3) is 10.4. The summed E-state index contributed by atoms with van der Waals surface area (Å²) in [5.74, 6) is -0.697. The second-order valence-corrected chi connectivity index (χ2v) is 14.6. The standard InChI is InChI=1S/C39H53N5O3S/c1-39(2,40-3)23-10-17-36(45)43(5)35(27-29-18-20-31(21-19-29)30-13-8-7-9-14-30)38(47)44(6)34(28-33-16-12-26-48-33)37(46)41-24-22-32-15-11-25-42(32)4/h7-10,12-14,16-21,26,32,34-35,40H,11,15,22-25,27-28H2,1-6H3,(H,41,46)/b17-10+/t32?,34-,35-/m1/s1. The number of nitrogens with zero attached hydrogens (tertiary/aromatic N) is 3. The van der Waals surface area contributed by atoms with Crippen molar-refractivity contribution in [3.05, 3.63) is 94.7 Å². The number of hydrogen-bond acceptors (Lipinski definition) is 6. The first-order chi connectivity index (χ1) is 23.0. The summed E-state index contributed by atoms with van der Waals surface area (Å²) in [6.45, 7) is 5.77. The van der Waals surface area contributed by atoms with Gasteiger partial charge >= 0.3 is 0 Å². The molecule has 0 aliphatic carbocycles. The summed E-state index contributed by atoms with van der Waals surface area (Å²) in [5, 5.41) is 8.37. The summed E-state index contributed by atoms with van der Waals surface area (Å²) >= 11 is 1.57. The molecule has 1 aliphatic heterocycles. The van der Waals surface area contributed by atoms with Crippen LogP contribution in [0.15, 0.2) is 84.3 Å². The molecule has 1 saturated heterocycles. The molecule has 1 aliphatic rings. The number of hydrogen-bond donors (Lipinski definition) is 2. The summed E-state index contributed by atoms with van der Waals surface area (Å²) in [5.41, 5.74) is 2.96. The van der Waals surface area contributed by atoms with Crippen LogP contribution in [0.2, 0.25) is 0 Å². The topological polar surface area (TPSA) is 85.0 Å². The van der Waals surface area contributed by atoms with Crippen molar-refractivity contribution in [2.45, 2.75) is 76.0 Å². The highest BCUT2D eigenvalue weighted by Crippen LogP contribution is 2.22. The van der Waals surface area contributed by atoms with E-state index in [4.69, 9.17) is 0 Å². The molecule has 2 heterocycles. The maximum atomic E-state index is 14.5. The Morgan fingerprint density at radius 1 is 0.958 bits per heavy atom. The van der Waals surface area contributed by atoms with Crippen molar-refractivity contribution in [2.75, 3.05) is 41.3 Å². The molecule has 258 valence electrons. The van der Waals surface area contributed by atoms with Crippen LogP contribution in [-0.2, 0) is 27.2 Å². The minimum atomic E-state index is -0.808. The summed E-state index contributed by atoms with van der Waals surface area (Å²) in [6.07, 6.45) is 7.97. The lowest BCUT2D eigenvalue weighted by Crippen LogP contribution is -2.56. The van der Waals surface area contributed by atoms with E-state index < -0.39 is 12.1 Å². The highest BCUT2D eigenvalue weighted by atomic mass is 32.1. The number of thiophene rings is 1. The molecule has 48 heavy (non-hydrogen) atoms. The average molecular weight is 672 g/mol. The fraction of sp³-hybridized carbons (Fsp3) is 0.462. The molecule has 0 saturated carbocycles. The predicted molar refractivity (Wildman–Crippen MR) is 197 cm³/mol.